The third-order valence-corrected chi connectivity index (χ3v) is 5.58. The van der Waals surface area contributed by atoms with Gasteiger partial charge in [-0.15, -0.1) is 6.58 Å². The largest absolute Gasteiger partial charge is 0.359 e. The van der Waals surface area contributed by atoms with E-state index in [9.17, 15) is 12.8 Å². The molecule has 0 aliphatic rings. The zero-order valence-corrected chi connectivity index (χ0v) is 15.1. The molecule has 2 atom stereocenters. The molecule has 7 heteroatoms. The van der Waals surface area contributed by atoms with Gasteiger partial charge in [0.15, 0.2) is 5.44 Å². The highest BCUT2D eigenvalue weighted by Crippen LogP contribution is 2.34. The molecule has 1 unspecified atom stereocenters. The fraction of sp³-hybridized carbons (Fsp3) is 0.529. The minimum absolute atomic E-state index is 0.118. The molecular weight excluding hydrogens is 331 g/mol. The van der Waals surface area contributed by atoms with Crippen molar-refractivity contribution < 1.29 is 17.5 Å². The molecule has 1 aromatic rings. The SMILES string of the molecule is C=CCC[C@@](N)(c1ccccc1F)C(OCCCC)S(=O)(=O)NC. The summed E-state index contributed by atoms with van der Waals surface area (Å²) < 4.78 is 47.3. The highest BCUT2D eigenvalue weighted by molar-refractivity contribution is 7.90. The van der Waals surface area contributed by atoms with E-state index in [1.807, 2.05) is 6.92 Å². The first-order valence-corrected chi connectivity index (χ1v) is 9.56. The molecule has 3 N–H and O–H groups in total. The van der Waals surface area contributed by atoms with Crippen molar-refractivity contribution in [3.8, 4) is 0 Å². The summed E-state index contributed by atoms with van der Waals surface area (Å²) in [5, 5.41) is 0. The van der Waals surface area contributed by atoms with Gasteiger partial charge in [-0.3, -0.25) is 0 Å². The van der Waals surface area contributed by atoms with Crippen molar-refractivity contribution in [3.05, 3.63) is 48.3 Å². The summed E-state index contributed by atoms with van der Waals surface area (Å²) in [6.07, 6.45) is 3.77. The molecule has 136 valence electrons. The second kappa shape index (κ2) is 9.27. The predicted octanol–water partition coefficient (Wildman–Crippen LogP) is 2.64. The first-order valence-electron chi connectivity index (χ1n) is 8.02. The monoisotopic (exact) mass is 358 g/mol. The summed E-state index contributed by atoms with van der Waals surface area (Å²) >= 11 is 0. The Bertz CT molecular complexity index is 636. The lowest BCUT2D eigenvalue weighted by Crippen LogP contribution is -2.56. The van der Waals surface area contributed by atoms with Gasteiger partial charge in [0.05, 0.1) is 5.54 Å². The van der Waals surface area contributed by atoms with Gasteiger partial charge in [0, 0.05) is 12.2 Å². The second-order valence-electron chi connectivity index (χ2n) is 5.65. The Morgan fingerprint density at radius 3 is 2.67 bits per heavy atom. The average Bonchev–Trinajstić information content (AvgIpc) is 2.57. The van der Waals surface area contributed by atoms with Crippen molar-refractivity contribution in [2.24, 2.45) is 5.73 Å². The molecule has 0 bridgehead atoms. The van der Waals surface area contributed by atoms with Crippen LogP contribution in [0.1, 0.15) is 38.2 Å². The summed E-state index contributed by atoms with van der Waals surface area (Å²) in [6.45, 7) is 5.83. The molecule has 0 aliphatic carbocycles. The fourth-order valence-electron chi connectivity index (χ4n) is 2.52. The topological polar surface area (TPSA) is 81.4 Å². The first kappa shape index (κ1) is 20.8. The molecule has 5 nitrogen and oxygen atoms in total. The minimum atomic E-state index is -3.89. The highest BCUT2D eigenvalue weighted by atomic mass is 32.2. The van der Waals surface area contributed by atoms with Crippen molar-refractivity contribution in [2.75, 3.05) is 13.7 Å². The minimum Gasteiger partial charge on any atom is -0.359 e. The molecule has 0 spiro atoms. The zero-order chi connectivity index (χ0) is 18.2. The zero-order valence-electron chi connectivity index (χ0n) is 14.3. The van der Waals surface area contributed by atoms with E-state index in [4.69, 9.17) is 10.5 Å². The summed E-state index contributed by atoms with van der Waals surface area (Å²) in [5.41, 5.74) is 3.64. The lowest BCUT2D eigenvalue weighted by Gasteiger charge is -2.37. The molecule has 0 aliphatic heterocycles. The number of sulfonamides is 1. The molecule has 0 amide bonds. The number of ether oxygens (including phenoxy) is 1. The van der Waals surface area contributed by atoms with Gasteiger partial charge in [-0.25, -0.2) is 17.5 Å². The van der Waals surface area contributed by atoms with Gasteiger partial charge in [-0.05, 0) is 32.4 Å². The van der Waals surface area contributed by atoms with Gasteiger partial charge in [0.25, 0.3) is 0 Å². The van der Waals surface area contributed by atoms with Gasteiger partial charge in [0.2, 0.25) is 10.0 Å². The number of benzene rings is 1. The van der Waals surface area contributed by atoms with Crippen LogP contribution >= 0.6 is 0 Å². The summed E-state index contributed by atoms with van der Waals surface area (Å²) in [7, 11) is -2.60. The standard InChI is InChI=1S/C17H27FN2O3S/c1-4-6-12-17(19,14-10-8-9-11-15(14)18)16(23-13-7-5-2)24(21,22)20-3/h4,8-11,16,20H,1,5-7,12-13,19H2,2-3H3/t16?,17-/m1/s1. The molecule has 0 saturated carbocycles. The molecule has 0 saturated heterocycles. The van der Waals surface area contributed by atoms with Crippen LogP contribution in [0, 0.1) is 5.82 Å². The van der Waals surface area contributed by atoms with Gasteiger partial charge >= 0.3 is 0 Å². The fourth-order valence-corrected chi connectivity index (χ4v) is 3.80. The van der Waals surface area contributed by atoms with E-state index in [0.717, 1.165) is 6.42 Å². The molecule has 0 aromatic heterocycles. The number of unbranched alkanes of at least 4 members (excludes halogenated alkanes) is 1. The van der Waals surface area contributed by atoms with Crippen molar-refractivity contribution in [3.63, 3.8) is 0 Å². The number of allylic oxidation sites excluding steroid dienone is 1. The Morgan fingerprint density at radius 2 is 2.12 bits per heavy atom. The van der Waals surface area contributed by atoms with E-state index in [1.54, 1.807) is 12.1 Å². The van der Waals surface area contributed by atoms with E-state index in [2.05, 4.69) is 11.3 Å². The Kier molecular flexibility index (Phi) is 8.02. The number of hydrogen-bond acceptors (Lipinski definition) is 4. The van der Waals surface area contributed by atoms with Crippen molar-refractivity contribution in [1.82, 2.24) is 4.72 Å². The third kappa shape index (κ3) is 4.86. The maximum atomic E-state index is 14.4. The quantitative estimate of drug-likeness (QED) is 0.471. The van der Waals surface area contributed by atoms with Gasteiger partial charge in [-0.2, -0.15) is 0 Å². The van der Waals surface area contributed by atoms with E-state index in [0.29, 0.717) is 12.8 Å². The number of hydrogen-bond donors (Lipinski definition) is 2. The van der Waals surface area contributed by atoms with Crippen LogP contribution in [0.2, 0.25) is 0 Å². The van der Waals surface area contributed by atoms with Crippen LogP contribution in [-0.4, -0.2) is 27.5 Å². The molecule has 0 radical (unpaired) electrons. The number of nitrogens with two attached hydrogens (primary N) is 1. The summed E-state index contributed by atoms with van der Waals surface area (Å²) in [4.78, 5) is 0. The van der Waals surface area contributed by atoms with E-state index in [-0.39, 0.29) is 18.6 Å². The van der Waals surface area contributed by atoms with Crippen molar-refractivity contribution in [1.29, 1.82) is 0 Å². The van der Waals surface area contributed by atoms with Crippen LogP contribution in [0.15, 0.2) is 36.9 Å². The van der Waals surface area contributed by atoms with Crippen molar-refractivity contribution in [2.45, 2.75) is 43.6 Å². The molecule has 0 heterocycles. The lowest BCUT2D eigenvalue weighted by molar-refractivity contribution is 0.0431. The van der Waals surface area contributed by atoms with Crippen LogP contribution in [0.4, 0.5) is 4.39 Å². The maximum Gasteiger partial charge on any atom is 0.240 e. The summed E-state index contributed by atoms with van der Waals surface area (Å²) in [6, 6.07) is 5.93. The normalized spacial score (nSPS) is 15.7. The number of rotatable bonds is 11. The Hall–Kier alpha value is -1.28. The Morgan fingerprint density at radius 1 is 1.46 bits per heavy atom. The van der Waals surface area contributed by atoms with E-state index < -0.39 is 26.8 Å². The second-order valence-corrected chi connectivity index (χ2v) is 7.58. The third-order valence-electron chi connectivity index (χ3n) is 3.89. The van der Waals surface area contributed by atoms with Crippen LogP contribution in [0.5, 0.6) is 0 Å². The highest BCUT2D eigenvalue weighted by Gasteiger charge is 2.46. The van der Waals surface area contributed by atoms with Gasteiger partial charge < -0.3 is 10.5 Å². The summed E-state index contributed by atoms with van der Waals surface area (Å²) in [5.74, 6) is -0.556. The smallest absolute Gasteiger partial charge is 0.240 e. The molecule has 1 rings (SSSR count). The van der Waals surface area contributed by atoms with E-state index >= 15 is 0 Å². The number of nitrogens with one attached hydrogen (secondary N) is 1. The Balaban J connectivity index is 3.40. The van der Waals surface area contributed by atoms with Gasteiger partial charge in [0.1, 0.15) is 5.82 Å². The molecular formula is C17H27FN2O3S. The molecule has 0 fully saturated rings. The average molecular weight is 358 g/mol. The first-order chi connectivity index (χ1) is 11.3. The van der Waals surface area contributed by atoms with Crippen molar-refractivity contribution >= 4 is 10.0 Å². The van der Waals surface area contributed by atoms with Crippen LogP contribution in [0.3, 0.4) is 0 Å². The van der Waals surface area contributed by atoms with Crippen LogP contribution < -0.4 is 10.5 Å². The lowest BCUT2D eigenvalue weighted by atomic mass is 9.86. The molecule has 1 aromatic carbocycles. The van der Waals surface area contributed by atoms with Crippen LogP contribution in [0.25, 0.3) is 0 Å². The predicted molar refractivity (Wildman–Crippen MR) is 94.3 cm³/mol. The number of halogens is 1. The Labute approximate surface area is 144 Å². The van der Waals surface area contributed by atoms with E-state index in [1.165, 1.54) is 25.2 Å². The maximum absolute atomic E-state index is 14.4. The van der Waals surface area contributed by atoms with Crippen LogP contribution in [-0.2, 0) is 20.3 Å². The molecule has 24 heavy (non-hydrogen) atoms. The van der Waals surface area contributed by atoms with Gasteiger partial charge in [-0.1, -0.05) is 37.6 Å².